The van der Waals surface area contributed by atoms with E-state index in [-0.39, 0.29) is 17.3 Å². The van der Waals surface area contributed by atoms with Crippen LogP contribution in [0.2, 0.25) is 0 Å². The van der Waals surface area contributed by atoms with Gasteiger partial charge in [0.15, 0.2) is 11.2 Å². The van der Waals surface area contributed by atoms with E-state index >= 15 is 0 Å². The Hall–Kier alpha value is -1.89. The SMILES string of the molecule is CCn1c(=O)n(C)c(=O)c2c1ncn2C(C)CN. The van der Waals surface area contributed by atoms with Crippen LogP contribution in [0, 0.1) is 0 Å². The lowest BCUT2D eigenvalue weighted by atomic mass is 10.3. The van der Waals surface area contributed by atoms with Gasteiger partial charge in [-0.05, 0) is 13.8 Å². The van der Waals surface area contributed by atoms with Crippen LogP contribution in [0.1, 0.15) is 19.9 Å². The third-order valence-corrected chi connectivity index (χ3v) is 3.19. The van der Waals surface area contributed by atoms with Crippen LogP contribution in [-0.2, 0) is 13.6 Å². The third kappa shape index (κ3) is 1.59. The Bertz CT molecular complexity index is 694. The second-order valence-corrected chi connectivity index (χ2v) is 4.30. The summed E-state index contributed by atoms with van der Waals surface area (Å²) in [5.74, 6) is 0. The van der Waals surface area contributed by atoms with Gasteiger partial charge in [-0.2, -0.15) is 0 Å². The van der Waals surface area contributed by atoms with Gasteiger partial charge in [0.05, 0.1) is 6.33 Å². The first-order chi connectivity index (χ1) is 8.52. The molecule has 7 nitrogen and oxygen atoms in total. The van der Waals surface area contributed by atoms with Crippen molar-refractivity contribution in [3.05, 3.63) is 27.2 Å². The van der Waals surface area contributed by atoms with Gasteiger partial charge in [0.1, 0.15) is 0 Å². The molecule has 0 spiro atoms. The van der Waals surface area contributed by atoms with Gasteiger partial charge in [0.2, 0.25) is 0 Å². The second-order valence-electron chi connectivity index (χ2n) is 4.30. The maximum absolute atomic E-state index is 12.2. The maximum atomic E-state index is 12.2. The van der Waals surface area contributed by atoms with Crippen LogP contribution >= 0.6 is 0 Å². The van der Waals surface area contributed by atoms with Gasteiger partial charge in [-0.3, -0.25) is 13.9 Å². The fourth-order valence-corrected chi connectivity index (χ4v) is 2.01. The molecule has 1 unspecified atom stereocenters. The van der Waals surface area contributed by atoms with Gasteiger partial charge in [0.25, 0.3) is 5.56 Å². The van der Waals surface area contributed by atoms with Crippen molar-refractivity contribution in [3.63, 3.8) is 0 Å². The Morgan fingerprint density at radius 3 is 2.67 bits per heavy atom. The standard InChI is InChI=1S/C11H17N5O2/c1-4-15-9-8(10(17)14(3)11(15)18)16(6-13-9)7(2)5-12/h6-7H,4-5,12H2,1-3H3. The third-order valence-electron chi connectivity index (χ3n) is 3.19. The van der Waals surface area contributed by atoms with Gasteiger partial charge in [-0.15, -0.1) is 0 Å². The van der Waals surface area contributed by atoms with Crippen LogP contribution in [0.15, 0.2) is 15.9 Å². The highest BCUT2D eigenvalue weighted by atomic mass is 16.2. The Morgan fingerprint density at radius 2 is 2.11 bits per heavy atom. The normalized spacial score (nSPS) is 13.1. The van der Waals surface area contributed by atoms with E-state index in [0.29, 0.717) is 24.3 Å². The molecular formula is C11H17N5O2. The molecule has 0 saturated carbocycles. The predicted octanol–water partition coefficient (Wildman–Crippen LogP) is -0.564. The number of hydrogen-bond donors (Lipinski definition) is 1. The molecule has 1 atom stereocenters. The van der Waals surface area contributed by atoms with E-state index in [0.717, 1.165) is 4.57 Å². The topological polar surface area (TPSA) is 87.8 Å². The lowest BCUT2D eigenvalue weighted by molar-refractivity contribution is 0.567. The first-order valence-corrected chi connectivity index (χ1v) is 5.89. The summed E-state index contributed by atoms with van der Waals surface area (Å²) in [5, 5.41) is 0. The number of imidazole rings is 1. The van der Waals surface area contributed by atoms with E-state index in [2.05, 4.69) is 4.98 Å². The summed E-state index contributed by atoms with van der Waals surface area (Å²) >= 11 is 0. The summed E-state index contributed by atoms with van der Waals surface area (Å²) in [6, 6.07) is -0.0366. The van der Waals surface area contributed by atoms with Crippen LogP contribution in [0.25, 0.3) is 11.2 Å². The minimum Gasteiger partial charge on any atom is -0.328 e. The van der Waals surface area contributed by atoms with Gasteiger partial charge in [-0.25, -0.2) is 9.78 Å². The Morgan fingerprint density at radius 1 is 1.44 bits per heavy atom. The molecular weight excluding hydrogens is 234 g/mol. The van der Waals surface area contributed by atoms with Crippen molar-refractivity contribution < 1.29 is 0 Å². The largest absolute Gasteiger partial charge is 0.332 e. The lowest BCUT2D eigenvalue weighted by Gasteiger charge is -2.12. The zero-order valence-electron chi connectivity index (χ0n) is 10.8. The van der Waals surface area contributed by atoms with Crippen molar-refractivity contribution in [1.29, 1.82) is 0 Å². The molecule has 2 N–H and O–H groups in total. The summed E-state index contributed by atoms with van der Waals surface area (Å²) in [6.07, 6.45) is 1.56. The van der Waals surface area contributed by atoms with Crippen LogP contribution < -0.4 is 17.0 Å². The molecule has 0 radical (unpaired) electrons. The lowest BCUT2D eigenvalue weighted by Crippen LogP contribution is -2.38. The molecule has 2 heterocycles. The minimum absolute atomic E-state index is 0.0366. The van der Waals surface area contributed by atoms with Gasteiger partial charge in [0, 0.05) is 26.2 Å². The van der Waals surface area contributed by atoms with E-state index in [1.54, 1.807) is 10.9 Å². The molecule has 98 valence electrons. The summed E-state index contributed by atoms with van der Waals surface area (Å²) in [6.45, 7) is 4.62. The number of hydrogen-bond acceptors (Lipinski definition) is 4. The Kier molecular flexibility index (Phi) is 3.08. The first-order valence-electron chi connectivity index (χ1n) is 5.89. The zero-order chi connectivity index (χ0) is 13.4. The average molecular weight is 251 g/mol. The monoisotopic (exact) mass is 251 g/mol. The van der Waals surface area contributed by atoms with Crippen molar-refractivity contribution in [2.24, 2.45) is 12.8 Å². The number of rotatable bonds is 3. The molecule has 2 aromatic rings. The fraction of sp³-hybridized carbons (Fsp3) is 0.545. The highest BCUT2D eigenvalue weighted by Gasteiger charge is 2.17. The molecule has 0 bridgehead atoms. The Balaban J connectivity index is 2.95. The van der Waals surface area contributed by atoms with E-state index in [1.807, 2.05) is 13.8 Å². The van der Waals surface area contributed by atoms with E-state index in [1.165, 1.54) is 11.6 Å². The molecule has 7 heteroatoms. The Labute approximate surface area is 103 Å². The smallest absolute Gasteiger partial charge is 0.328 e. The van der Waals surface area contributed by atoms with E-state index < -0.39 is 0 Å². The van der Waals surface area contributed by atoms with Crippen LogP contribution in [0.5, 0.6) is 0 Å². The quantitative estimate of drug-likeness (QED) is 0.791. The van der Waals surface area contributed by atoms with Gasteiger partial charge < -0.3 is 10.3 Å². The van der Waals surface area contributed by atoms with Crippen molar-refractivity contribution in [2.75, 3.05) is 6.54 Å². The summed E-state index contributed by atoms with van der Waals surface area (Å²) in [7, 11) is 1.47. The zero-order valence-corrected chi connectivity index (χ0v) is 10.8. The molecule has 0 aliphatic heterocycles. The molecule has 0 aliphatic rings. The molecule has 2 aromatic heterocycles. The van der Waals surface area contributed by atoms with E-state index in [9.17, 15) is 9.59 Å². The molecule has 2 rings (SSSR count). The molecule has 0 fully saturated rings. The van der Waals surface area contributed by atoms with Gasteiger partial charge >= 0.3 is 5.69 Å². The van der Waals surface area contributed by atoms with Crippen molar-refractivity contribution in [3.8, 4) is 0 Å². The number of nitrogens with two attached hydrogens (primary N) is 1. The summed E-state index contributed by atoms with van der Waals surface area (Å²) in [4.78, 5) is 28.3. The average Bonchev–Trinajstić information content (AvgIpc) is 2.80. The van der Waals surface area contributed by atoms with Crippen molar-refractivity contribution in [1.82, 2.24) is 18.7 Å². The van der Waals surface area contributed by atoms with Crippen LogP contribution in [0.3, 0.4) is 0 Å². The van der Waals surface area contributed by atoms with Crippen LogP contribution in [-0.4, -0.2) is 25.2 Å². The number of nitrogens with zero attached hydrogens (tertiary/aromatic N) is 4. The van der Waals surface area contributed by atoms with E-state index in [4.69, 9.17) is 5.73 Å². The van der Waals surface area contributed by atoms with Crippen molar-refractivity contribution >= 4 is 11.2 Å². The maximum Gasteiger partial charge on any atom is 0.332 e. The fourth-order valence-electron chi connectivity index (χ4n) is 2.01. The second kappa shape index (κ2) is 4.41. The molecule has 0 amide bonds. The highest BCUT2D eigenvalue weighted by molar-refractivity contribution is 5.70. The molecule has 0 saturated heterocycles. The minimum atomic E-state index is -0.347. The van der Waals surface area contributed by atoms with Gasteiger partial charge in [-0.1, -0.05) is 0 Å². The summed E-state index contributed by atoms with van der Waals surface area (Å²) < 4.78 is 4.31. The molecule has 0 aromatic carbocycles. The molecule has 18 heavy (non-hydrogen) atoms. The summed E-state index contributed by atoms with van der Waals surface area (Å²) in [5.41, 5.74) is 5.78. The van der Waals surface area contributed by atoms with Crippen molar-refractivity contribution in [2.45, 2.75) is 26.4 Å². The molecule has 0 aliphatic carbocycles. The highest BCUT2D eigenvalue weighted by Crippen LogP contribution is 2.12. The number of aryl methyl sites for hydroxylation is 1. The first kappa shape index (κ1) is 12.6. The predicted molar refractivity (Wildman–Crippen MR) is 68.7 cm³/mol. The number of fused-ring (bicyclic) bond motifs is 1. The van der Waals surface area contributed by atoms with Crippen LogP contribution in [0.4, 0.5) is 0 Å². The number of aromatic nitrogens is 4.